The van der Waals surface area contributed by atoms with E-state index in [2.05, 4.69) is 43.5 Å². The number of unbranched alkanes of at least 4 members (excludes halogenated alkanes) is 48. The van der Waals surface area contributed by atoms with Crippen molar-refractivity contribution < 1.29 is 39.8 Å². The quantitative estimate of drug-likeness (QED) is 0.0261. The highest BCUT2D eigenvalue weighted by Gasteiger charge is 2.44. The molecule has 1 amide bonds. The highest BCUT2D eigenvalue weighted by Crippen LogP contribution is 2.24. The summed E-state index contributed by atoms with van der Waals surface area (Å²) in [6.07, 6.45) is 71.2. The number of allylic oxidation sites excluding steroid dienone is 4. The van der Waals surface area contributed by atoms with Crippen molar-refractivity contribution in [1.82, 2.24) is 5.32 Å². The lowest BCUT2D eigenvalue weighted by molar-refractivity contribution is -0.302. The summed E-state index contributed by atoms with van der Waals surface area (Å²) in [5.74, 6) is -0.138. The zero-order chi connectivity index (χ0) is 57.2. The zero-order valence-corrected chi connectivity index (χ0v) is 52.4. The van der Waals surface area contributed by atoms with E-state index >= 15 is 0 Å². The minimum atomic E-state index is -1.55. The molecule has 79 heavy (non-hydrogen) atoms. The fourth-order valence-corrected chi connectivity index (χ4v) is 11.6. The van der Waals surface area contributed by atoms with E-state index in [0.717, 1.165) is 44.9 Å². The number of hydrogen-bond donors (Lipinski definition) is 6. The van der Waals surface area contributed by atoms with Gasteiger partial charge in [-0.25, -0.2) is 0 Å². The predicted molar refractivity (Wildman–Crippen MR) is 337 cm³/mol. The van der Waals surface area contributed by atoms with Crippen LogP contribution < -0.4 is 5.32 Å². The van der Waals surface area contributed by atoms with E-state index in [1.807, 2.05) is 0 Å². The van der Waals surface area contributed by atoms with Crippen LogP contribution >= 0.6 is 0 Å². The van der Waals surface area contributed by atoms with E-state index in [1.165, 1.54) is 289 Å². The van der Waals surface area contributed by atoms with Crippen LogP contribution in [0.25, 0.3) is 0 Å². The van der Waals surface area contributed by atoms with Crippen molar-refractivity contribution in [3.63, 3.8) is 0 Å². The Hall–Kier alpha value is -1.33. The van der Waals surface area contributed by atoms with Crippen LogP contribution in [0, 0.1) is 0 Å². The topological polar surface area (TPSA) is 149 Å². The Morgan fingerprint density at radius 3 is 1.09 bits per heavy atom. The zero-order valence-electron chi connectivity index (χ0n) is 52.4. The second-order valence-electron chi connectivity index (χ2n) is 24.7. The van der Waals surface area contributed by atoms with E-state index < -0.39 is 49.5 Å². The van der Waals surface area contributed by atoms with Crippen molar-refractivity contribution in [2.24, 2.45) is 0 Å². The van der Waals surface area contributed by atoms with Crippen molar-refractivity contribution in [3.05, 3.63) is 24.3 Å². The molecule has 0 aromatic rings. The summed E-state index contributed by atoms with van der Waals surface area (Å²) in [6, 6.07) is -0.717. The number of aliphatic hydroxyl groups excluding tert-OH is 5. The third-order valence-electron chi connectivity index (χ3n) is 17.1. The maximum absolute atomic E-state index is 13.1. The molecule has 7 atom stereocenters. The van der Waals surface area contributed by atoms with Gasteiger partial charge in [-0.05, 0) is 44.9 Å². The minimum absolute atomic E-state index is 0.134. The molecular formula is C70H135NO8. The second kappa shape index (κ2) is 59.8. The molecule has 0 aromatic carbocycles. The SMILES string of the molecule is CCCCCCCCCCCCCCCCC/C=C\C/C=C\CCCCCCCCCCCCCCCCCCCC(=O)NC(COC1OC(CO)C(O)C(O)C1O)C(O)CCCCCCCCCCCCCCCCCCC. The Balaban J connectivity index is 2.04. The molecule has 1 heterocycles. The van der Waals surface area contributed by atoms with Gasteiger partial charge >= 0.3 is 0 Å². The first-order chi connectivity index (χ1) is 38.8. The van der Waals surface area contributed by atoms with Crippen molar-refractivity contribution >= 4 is 5.91 Å². The molecule has 0 radical (unpaired) electrons. The van der Waals surface area contributed by atoms with Crippen molar-refractivity contribution in [2.45, 2.75) is 403 Å². The summed E-state index contributed by atoms with van der Waals surface area (Å²) in [4.78, 5) is 13.1. The molecule has 0 saturated carbocycles. The third-order valence-corrected chi connectivity index (χ3v) is 17.1. The monoisotopic (exact) mass is 1120 g/mol. The van der Waals surface area contributed by atoms with Crippen LogP contribution in [0.2, 0.25) is 0 Å². The molecule has 1 aliphatic rings. The first-order valence-corrected chi connectivity index (χ1v) is 35.0. The lowest BCUT2D eigenvalue weighted by atomic mass is 9.99. The predicted octanol–water partition coefficient (Wildman–Crippen LogP) is 18.9. The molecule has 0 aromatic heterocycles. The van der Waals surface area contributed by atoms with Gasteiger partial charge in [0.15, 0.2) is 6.29 Å². The average Bonchev–Trinajstić information content (AvgIpc) is 3.48. The van der Waals surface area contributed by atoms with Gasteiger partial charge in [0.05, 0.1) is 25.4 Å². The fourth-order valence-electron chi connectivity index (χ4n) is 11.6. The standard InChI is InChI=1S/C70H135NO8/c1-3-5-7-9-11-13-15-17-19-21-22-23-24-25-26-27-28-29-30-31-32-33-34-35-36-37-38-39-40-41-42-44-46-48-50-52-54-56-58-60-66(74)71-63(62-78-70-69(77)68(76)67(75)65(61-72)79-70)64(73)59-57-55-53-51-49-47-45-43-20-18-16-14-12-10-8-6-4-2/h28-29,31-32,63-65,67-70,72-73,75-77H,3-27,30,33-62H2,1-2H3,(H,71,74)/b29-28-,32-31-. The molecule has 468 valence electrons. The molecule has 9 nitrogen and oxygen atoms in total. The summed E-state index contributed by atoms with van der Waals surface area (Å²) >= 11 is 0. The van der Waals surface area contributed by atoms with E-state index in [-0.39, 0.29) is 12.5 Å². The number of amides is 1. The highest BCUT2D eigenvalue weighted by molar-refractivity contribution is 5.76. The minimum Gasteiger partial charge on any atom is -0.394 e. The molecule has 1 saturated heterocycles. The Morgan fingerprint density at radius 2 is 0.747 bits per heavy atom. The first-order valence-electron chi connectivity index (χ1n) is 35.0. The maximum Gasteiger partial charge on any atom is 0.220 e. The van der Waals surface area contributed by atoms with E-state index in [4.69, 9.17) is 9.47 Å². The normalized spacial score (nSPS) is 18.6. The summed E-state index contributed by atoms with van der Waals surface area (Å²) in [6.45, 7) is 3.89. The number of carbonyl (C=O) groups excluding carboxylic acids is 1. The molecule has 1 aliphatic heterocycles. The molecular weight excluding hydrogens is 983 g/mol. The number of hydrogen-bond acceptors (Lipinski definition) is 8. The summed E-state index contributed by atoms with van der Waals surface area (Å²) in [5.41, 5.74) is 0. The first kappa shape index (κ1) is 75.7. The third kappa shape index (κ3) is 48.7. The van der Waals surface area contributed by atoms with Gasteiger partial charge in [-0.15, -0.1) is 0 Å². The Labute approximate surface area is 489 Å². The van der Waals surface area contributed by atoms with Gasteiger partial charge in [0.1, 0.15) is 24.4 Å². The van der Waals surface area contributed by atoms with Crippen LogP contribution in [0.15, 0.2) is 24.3 Å². The molecule has 1 rings (SSSR count). The fraction of sp³-hybridized carbons (Fsp3) is 0.929. The van der Waals surface area contributed by atoms with Gasteiger partial charge in [-0.3, -0.25) is 4.79 Å². The van der Waals surface area contributed by atoms with Gasteiger partial charge < -0.3 is 40.3 Å². The molecule has 0 bridgehead atoms. The van der Waals surface area contributed by atoms with Gasteiger partial charge in [-0.2, -0.15) is 0 Å². The molecule has 7 unspecified atom stereocenters. The summed E-state index contributed by atoms with van der Waals surface area (Å²) in [5, 5.41) is 54.8. The van der Waals surface area contributed by atoms with Crippen molar-refractivity contribution in [2.75, 3.05) is 13.2 Å². The Morgan fingerprint density at radius 1 is 0.430 bits per heavy atom. The van der Waals surface area contributed by atoms with Crippen LogP contribution in [-0.4, -0.2) is 87.5 Å². The Kier molecular flexibility index (Phi) is 57.3. The molecule has 6 N–H and O–H groups in total. The highest BCUT2D eigenvalue weighted by atomic mass is 16.7. The lowest BCUT2D eigenvalue weighted by Crippen LogP contribution is -2.60. The number of ether oxygens (including phenoxy) is 2. The molecule has 9 heteroatoms. The smallest absolute Gasteiger partial charge is 0.220 e. The van der Waals surface area contributed by atoms with Crippen LogP contribution in [0.1, 0.15) is 361 Å². The molecule has 0 spiro atoms. The van der Waals surface area contributed by atoms with Crippen molar-refractivity contribution in [1.29, 1.82) is 0 Å². The van der Waals surface area contributed by atoms with E-state index in [0.29, 0.717) is 12.8 Å². The number of rotatable bonds is 62. The van der Waals surface area contributed by atoms with Crippen LogP contribution in [0.5, 0.6) is 0 Å². The second-order valence-corrected chi connectivity index (χ2v) is 24.7. The average molecular weight is 1120 g/mol. The van der Waals surface area contributed by atoms with Crippen LogP contribution in [0.4, 0.5) is 0 Å². The van der Waals surface area contributed by atoms with Crippen molar-refractivity contribution in [3.8, 4) is 0 Å². The summed E-state index contributed by atoms with van der Waals surface area (Å²) < 4.78 is 11.3. The van der Waals surface area contributed by atoms with Crippen LogP contribution in [0.3, 0.4) is 0 Å². The Bertz CT molecular complexity index is 1300. The van der Waals surface area contributed by atoms with Gasteiger partial charge in [0.2, 0.25) is 5.91 Å². The van der Waals surface area contributed by atoms with Crippen LogP contribution in [-0.2, 0) is 14.3 Å². The van der Waals surface area contributed by atoms with E-state index in [1.54, 1.807) is 0 Å². The maximum atomic E-state index is 13.1. The van der Waals surface area contributed by atoms with Gasteiger partial charge in [-0.1, -0.05) is 334 Å². The molecule has 0 aliphatic carbocycles. The van der Waals surface area contributed by atoms with Gasteiger partial charge in [0, 0.05) is 6.42 Å². The lowest BCUT2D eigenvalue weighted by Gasteiger charge is -2.40. The number of carbonyl (C=O) groups is 1. The van der Waals surface area contributed by atoms with E-state index in [9.17, 15) is 30.3 Å². The molecule has 1 fully saturated rings. The number of aliphatic hydroxyl groups is 5. The summed E-state index contributed by atoms with van der Waals surface area (Å²) in [7, 11) is 0. The number of nitrogens with one attached hydrogen (secondary N) is 1. The largest absolute Gasteiger partial charge is 0.394 e. The van der Waals surface area contributed by atoms with Gasteiger partial charge in [0.25, 0.3) is 0 Å².